The average molecular weight is 342 g/mol. The van der Waals surface area contributed by atoms with Crippen LogP contribution in [0.4, 0.5) is 0 Å². The van der Waals surface area contributed by atoms with E-state index < -0.39 is 17.8 Å². The number of carbonyl (C=O) groups excluding carboxylic acids is 1. The number of hydrogen-bond donors (Lipinski definition) is 1. The molecule has 2 aliphatic heterocycles. The molecule has 0 radical (unpaired) electrons. The van der Waals surface area contributed by atoms with Crippen molar-refractivity contribution in [3.8, 4) is 0 Å². The Hall–Kier alpha value is -2.37. The summed E-state index contributed by atoms with van der Waals surface area (Å²) in [7, 11) is 0. The van der Waals surface area contributed by atoms with Gasteiger partial charge in [0.05, 0.1) is 11.8 Å². The van der Waals surface area contributed by atoms with E-state index in [1.54, 1.807) is 12.1 Å². The van der Waals surface area contributed by atoms with Crippen LogP contribution in [0.25, 0.3) is 0 Å². The Labute approximate surface area is 145 Å². The monoisotopic (exact) mass is 342 g/mol. The van der Waals surface area contributed by atoms with Crippen LogP contribution < -0.4 is 5.56 Å². The first kappa shape index (κ1) is 16.1. The second-order valence-corrected chi connectivity index (χ2v) is 7.44. The number of carbonyl (C=O) groups is 2. The van der Waals surface area contributed by atoms with Gasteiger partial charge in [0, 0.05) is 37.3 Å². The highest BCUT2D eigenvalue weighted by molar-refractivity contribution is 5.85. The highest BCUT2D eigenvalue weighted by Crippen LogP contribution is 2.37. The van der Waals surface area contributed by atoms with Crippen molar-refractivity contribution in [3.05, 3.63) is 46.4 Å². The number of pyridine rings is 1. The zero-order chi connectivity index (χ0) is 17.6. The Morgan fingerprint density at radius 1 is 1.04 bits per heavy atom. The van der Waals surface area contributed by atoms with Crippen LogP contribution in [0.5, 0.6) is 0 Å². The van der Waals surface area contributed by atoms with Gasteiger partial charge in [0.2, 0.25) is 5.91 Å². The molecule has 1 N–H and O–H groups in total. The SMILES string of the molecule is O=C(O)[C@@H]1CC=CC[C@@H]1C(=O)N1C[C@H]2C[C@@H](C1)c1cccc(=O)n1C2. The normalized spacial score (nSPS) is 30.6. The molecule has 6 nitrogen and oxygen atoms in total. The Morgan fingerprint density at radius 3 is 2.56 bits per heavy atom. The number of aliphatic carboxylic acids is 1. The molecular formula is C19H22N2O4. The van der Waals surface area contributed by atoms with E-state index >= 15 is 0 Å². The summed E-state index contributed by atoms with van der Waals surface area (Å²) in [6, 6.07) is 5.33. The lowest BCUT2D eigenvalue weighted by atomic mass is 9.79. The molecule has 1 aromatic heterocycles. The minimum Gasteiger partial charge on any atom is -0.481 e. The molecule has 3 aliphatic rings. The zero-order valence-electron chi connectivity index (χ0n) is 14.0. The van der Waals surface area contributed by atoms with E-state index in [1.807, 2.05) is 27.7 Å². The topological polar surface area (TPSA) is 79.6 Å². The molecule has 132 valence electrons. The maximum atomic E-state index is 13.0. The second kappa shape index (κ2) is 6.17. The van der Waals surface area contributed by atoms with Crippen molar-refractivity contribution in [1.29, 1.82) is 0 Å². The maximum Gasteiger partial charge on any atom is 0.307 e. The number of likely N-dealkylation sites (tertiary alicyclic amines) is 1. The maximum absolute atomic E-state index is 13.0. The van der Waals surface area contributed by atoms with Gasteiger partial charge in [-0.05, 0) is 31.2 Å². The van der Waals surface area contributed by atoms with Gasteiger partial charge in [0.15, 0.2) is 0 Å². The average Bonchev–Trinajstić information content (AvgIpc) is 2.62. The number of aromatic nitrogens is 1. The third-order valence-electron chi connectivity index (χ3n) is 5.86. The number of carboxylic acid groups (broad SMARTS) is 1. The van der Waals surface area contributed by atoms with Gasteiger partial charge in [-0.25, -0.2) is 0 Å². The predicted molar refractivity (Wildman–Crippen MR) is 91.1 cm³/mol. The van der Waals surface area contributed by atoms with Gasteiger partial charge in [0.25, 0.3) is 5.56 Å². The van der Waals surface area contributed by atoms with Crippen molar-refractivity contribution in [2.75, 3.05) is 13.1 Å². The number of piperidine rings is 1. The molecule has 6 heteroatoms. The molecule has 4 rings (SSSR count). The smallest absolute Gasteiger partial charge is 0.307 e. The minimum atomic E-state index is -0.892. The van der Waals surface area contributed by atoms with E-state index in [0.29, 0.717) is 32.5 Å². The molecule has 1 aliphatic carbocycles. The number of carboxylic acids is 1. The predicted octanol–water partition coefficient (Wildman–Crippen LogP) is 1.46. The fourth-order valence-corrected chi connectivity index (χ4v) is 4.67. The summed E-state index contributed by atoms with van der Waals surface area (Å²) in [5.74, 6) is -1.62. The fourth-order valence-electron chi connectivity index (χ4n) is 4.67. The van der Waals surface area contributed by atoms with Gasteiger partial charge in [-0.3, -0.25) is 14.4 Å². The van der Waals surface area contributed by atoms with Gasteiger partial charge < -0.3 is 14.6 Å². The number of hydrogen-bond acceptors (Lipinski definition) is 3. The Morgan fingerprint density at radius 2 is 1.80 bits per heavy atom. The lowest BCUT2D eigenvalue weighted by molar-refractivity contribution is -0.151. The third kappa shape index (κ3) is 2.79. The van der Waals surface area contributed by atoms with Crippen LogP contribution in [0.1, 0.15) is 30.9 Å². The van der Waals surface area contributed by atoms with Gasteiger partial charge in [-0.15, -0.1) is 0 Å². The van der Waals surface area contributed by atoms with E-state index in [9.17, 15) is 19.5 Å². The Kier molecular flexibility index (Phi) is 3.98. The first-order valence-corrected chi connectivity index (χ1v) is 8.91. The number of allylic oxidation sites excluding steroid dienone is 2. The molecule has 0 spiro atoms. The summed E-state index contributed by atoms with van der Waals surface area (Å²) in [5, 5.41) is 9.44. The first-order chi connectivity index (χ1) is 12.0. The van der Waals surface area contributed by atoms with E-state index in [0.717, 1.165) is 12.1 Å². The molecule has 0 unspecified atom stereocenters. The number of nitrogens with zero attached hydrogens (tertiary/aromatic N) is 2. The Bertz CT molecular complexity index is 797. The van der Waals surface area contributed by atoms with Crippen LogP contribution >= 0.6 is 0 Å². The van der Waals surface area contributed by atoms with Crippen molar-refractivity contribution in [1.82, 2.24) is 9.47 Å². The lowest BCUT2D eigenvalue weighted by Crippen LogP contribution is -2.51. The van der Waals surface area contributed by atoms with Crippen LogP contribution in [-0.4, -0.2) is 39.5 Å². The van der Waals surface area contributed by atoms with Crippen molar-refractivity contribution in [2.45, 2.75) is 31.7 Å². The lowest BCUT2D eigenvalue weighted by Gasteiger charge is -2.44. The van der Waals surface area contributed by atoms with Crippen molar-refractivity contribution in [3.63, 3.8) is 0 Å². The quantitative estimate of drug-likeness (QED) is 0.825. The molecule has 25 heavy (non-hydrogen) atoms. The molecule has 1 saturated heterocycles. The molecule has 2 bridgehead atoms. The number of rotatable bonds is 2. The van der Waals surface area contributed by atoms with Crippen molar-refractivity contribution in [2.24, 2.45) is 17.8 Å². The van der Waals surface area contributed by atoms with E-state index in [-0.39, 0.29) is 23.3 Å². The molecule has 0 aromatic carbocycles. The highest BCUT2D eigenvalue weighted by atomic mass is 16.4. The van der Waals surface area contributed by atoms with Gasteiger partial charge >= 0.3 is 5.97 Å². The van der Waals surface area contributed by atoms with Crippen LogP contribution in [0.15, 0.2) is 35.1 Å². The molecule has 4 atom stereocenters. The number of amides is 1. The standard InChI is InChI=1S/C19H22N2O4/c22-17-7-3-6-16-13-8-12(10-21(16)17)9-20(11-13)18(23)14-4-1-2-5-15(14)19(24)25/h1-3,6-7,12-15H,4-5,8-11H2,(H,24,25)/t12-,13+,14+,15-/m1/s1. The van der Waals surface area contributed by atoms with Crippen LogP contribution in [0, 0.1) is 17.8 Å². The van der Waals surface area contributed by atoms with Gasteiger partial charge in [-0.2, -0.15) is 0 Å². The van der Waals surface area contributed by atoms with E-state index in [1.165, 1.54) is 0 Å². The molecule has 1 aromatic rings. The summed E-state index contributed by atoms with van der Waals surface area (Å²) >= 11 is 0. The summed E-state index contributed by atoms with van der Waals surface area (Å²) in [6.45, 7) is 1.83. The van der Waals surface area contributed by atoms with Crippen molar-refractivity contribution >= 4 is 11.9 Å². The van der Waals surface area contributed by atoms with E-state index in [2.05, 4.69) is 0 Å². The zero-order valence-corrected chi connectivity index (χ0v) is 14.0. The van der Waals surface area contributed by atoms with Crippen LogP contribution in [-0.2, 0) is 16.1 Å². The summed E-state index contributed by atoms with van der Waals surface area (Å²) in [4.78, 5) is 38.5. The van der Waals surface area contributed by atoms with Crippen LogP contribution in [0.3, 0.4) is 0 Å². The molecular weight excluding hydrogens is 320 g/mol. The summed E-state index contributed by atoms with van der Waals surface area (Å²) in [6.07, 6.45) is 5.68. The third-order valence-corrected chi connectivity index (χ3v) is 5.86. The summed E-state index contributed by atoms with van der Waals surface area (Å²) < 4.78 is 1.84. The summed E-state index contributed by atoms with van der Waals surface area (Å²) in [5.41, 5.74) is 1.02. The minimum absolute atomic E-state index is 0.0235. The van der Waals surface area contributed by atoms with Gasteiger partial charge in [0.1, 0.15) is 0 Å². The van der Waals surface area contributed by atoms with Gasteiger partial charge in [-0.1, -0.05) is 18.2 Å². The Balaban J connectivity index is 1.58. The van der Waals surface area contributed by atoms with E-state index in [4.69, 9.17) is 0 Å². The largest absolute Gasteiger partial charge is 0.481 e. The molecule has 0 saturated carbocycles. The fraction of sp³-hybridized carbons (Fsp3) is 0.526. The molecule has 1 fully saturated rings. The number of fused-ring (bicyclic) bond motifs is 4. The molecule has 3 heterocycles. The second-order valence-electron chi connectivity index (χ2n) is 7.44. The first-order valence-electron chi connectivity index (χ1n) is 8.91. The molecule has 1 amide bonds. The highest BCUT2D eigenvalue weighted by Gasteiger charge is 2.41. The van der Waals surface area contributed by atoms with Crippen LogP contribution in [0.2, 0.25) is 0 Å². The van der Waals surface area contributed by atoms with Crippen molar-refractivity contribution < 1.29 is 14.7 Å².